The molecule has 0 aromatic heterocycles. The van der Waals surface area contributed by atoms with Crippen molar-refractivity contribution >= 4 is 11.6 Å². The summed E-state index contributed by atoms with van der Waals surface area (Å²) in [6.07, 6.45) is 4.24. The molecule has 2 rings (SSSR count). The predicted octanol–water partition coefficient (Wildman–Crippen LogP) is 3.96. The van der Waals surface area contributed by atoms with Crippen LogP contribution in [0.2, 0.25) is 5.02 Å². The van der Waals surface area contributed by atoms with Crippen LogP contribution >= 0.6 is 11.6 Å². The van der Waals surface area contributed by atoms with Gasteiger partial charge in [0.15, 0.2) is 0 Å². The maximum absolute atomic E-state index is 12.9. The van der Waals surface area contributed by atoms with E-state index in [1.165, 1.54) is 12.1 Å². The first-order valence-corrected chi connectivity index (χ1v) is 6.53. The fourth-order valence-electron chi connectivity index (χ4n) is 2.50. The summed E-state index contributed by atoms with van der Waals surface area (Å²) in [4.78, 5) is 0. The van der Waals surface area contributed by atoms with Crippen LogP contribution in [0, 0.1) is 11.7 Å². The van der Waals surface area contributed by atoms with Crippen LogP contribution in [0.3, 0.4) is 0 Å². The van der Waals surface area contributed by atoms with Crippen molar-refractivity contribution in [2.45, 2.75) is 44.6 Å². The minimum Gasteiger partial charge on any atom is -0.390 e. The van der Waals surface area contributed by atoms with Gasteiger partial charge in [0.25, 0.3) is 0 Å². The summed E-state index contributed by atoms with van der Waals surface area (Å²) in [5, 5.41) is 10.9. The molecule has 1 N–H and O–H groups in total. The molecule has 94 valence electrons. The number of halogens is 2. The van der Waals surface area contributed by atoms with Crippen LogP contribution in [0.5, 0.6) is 0 Å². The van der Waals surface area contributed by atoms with Crippen molar-refractivity contribution in [1.29, 1.82) is 0 Å². The fraction of sp³-hybridized carbons (Fsp3) is 0.571. The summed E-state index contributed by atoms with van der Waals surface area (Å²) in [7, 11) is 0. The average molecular weight is 257 g/mol. The Bertz CT molecular complexity index is 397. The molecule has 0 radical (unpaired) electrons. The molecule has 0 unspecified atom stereocenters. The lowest BCUT2D eigenvalue weighted by molar-refractivity contribution is -0.00667. The minimum absolute atomic E-state index is 0.331. The van der Waals surface area contributed by atoms with Crippen LogP contribution < -0.4 is 0 Å². The van der Waals surface area contributed by atoms with Gasteiger partial charge >= 0.3 is 0 Å². The van der Waals surface area contributed by atoms with Crippen LogP contribution in [0.4, 0.5) is 4.39 Å². The van der Waals surface area contributed by atoms with E-state index in [2.05, 4.69) is 6.92 Å². The Balaban J connectivity index is 2.09. The van der Waals surface area contributed by atoms with Crippen LogP contribution in [0.1, 0.15) is 38.2 Å². The molecule has 0 bridgehead atoms. The molecular formula is C14H18ClFO. The Kier molecular flexibility index (Phi) is 3.74. The highest BCUT2D eigenvalue weighted by molar-refractivity contribution is 6.31. The second-order valence-electron chi connectivity index (χ2n) is 5.32. The van der Waals surface area contributed by atoms with Gasteiger partial charge < -0.3 is 5.11 Å². The minimum atomic E-state index is -0.659. The van der Waals surface area contributed by atoms with Crippen LogP contribution in [0.25, 0.3) is 0 Å². The second kappa shape index (κ2) is 4.95. The summed E-state index contributed by atoms with van der Waals surface area (Å²) in [5.74, 6) is 0.363. The molecule has 0 amide bonds. The van der Waals surface area contributed by atoms with Gasteiger partial charge in [-0.25, -0.2) is 4.39 Å². The summed E-state index contributed by atoms with van der Waals surface area (Å²) < 4.78 is 12.9. The zero-order chi connectivity index (χ0) is 12.5. The summed E-state index contributed by atoms with van der Waals surface area (Å²) in [5.41, 5.74) is 0.179. The molecule has 1 aromatic rings. The highest BCUT2D eigenvalue weighted by atomic mass is 35.5. The molecule has 0 atom stereocenters. The average Bonchev–Trinajstić information content (AvgIpc) is 2.27. The predicted molar refractivity (Wildman–Crippen MR) is 67.7 cm³/mol. The summed E-state index contributed by atoms with van der Waals surface area (Å²) in [6, 6.07) is 4.38. The van der Waals surface area contributed by atoms with E-state index in [0.717, 1.165) is 31.2 Å². The van der Waals surface area contributed by atoms with Gasteiger partial charge in [-0.15, -0.1) is 0 Å². The maximum Gasteiger partial charge on any atom is 0.124 e. The number of hydrogen-bond acceptors (Lipinski definition) is 1. The molecule has 17 heavy (non-hydrogen) atoms. The first-order valence-electron chi connectivity index (χ1n) is 6.15. The van der Waals surface area contributed by atoms with Gasteiger partial charge in [0.1, 0.15) is 5.82 Å². The second-order valence-corrected chi connectivity index (χ2v) is 5.73. The Morgan fingerprint density at radius 1 is 1.41 bits per heavy atom. The molecule has 1 nitrogen and oxygen atoms in total. The molecule has 1 fully saturated rings. The van der Waals surface area contributed by atoms with Gasteiger partial charge in [0.2, 0.25) is 0 Å². The summed E-state index contributed by atoms with van der Waals surface area (Å²) >= 11 is 5.99. The molecule has 0 aliphatic heterocycles. The first kappa shape index (κ1) is 12.8. The third-order valence-electron chi connectivity index (χ3n) is 3.74. The quantitative estimate of drug-likeness (QED) is 0.849. The van der Waals surface area contributed by atoms with Gasteiger partial charge in [-0.1, -0.05) is 24.6 Å². The number of benzene rings is 1. The zero-order valence-electron chi connectivity index (χ0n) is 10.0. The fourth-order valence-corrected chi connectivity index (χ4v) is 2.73. The van der Waals surface area contributed by atoms with Crippen molar-refractivity contribution < 1.29 is 9.50 Å². The van der Waals surface area contributed by atoms with E-state index in [9.17, 15) is 9.50 Å². The number of rotatable bonds is 2. The lowest BCUT2D eigenvalue weighted by Crippen LogP contribution is -2.35. The molecule has 0 saturated heterocycles. The van der Waals surface area contributed by atoms with Gasteiger partial charge in [0, 0.05) is 11.4 Å². The standard InChI is InChI=1S/C14H18ClFO/c1-10-4-6-14(17,7-5-10)9-11-2-3-12(16)8-13(11)15/h2-3,8,10,17H,4-7,9H2,1H3. The molecule has 3 heteroatoms. The molecule has 1 aliphatic rings. The number of hydrogen-bond donors (Lipinski definition) is 1. The lowest BCUT2D eigenvalue weighted by atomic mass is 9.76. The van der Waals surface area contributed by atoms with E-state index in [1.54, 1.807) is 6.07 Å². The summed E-state index contributed by atoms with van der Waals surface area (Å²) in [6.45, 7) is 2.21. The van der Waals surface area contributed by atoms with Crippen molar-refractivity contribution in [3.05, 3.63) is 34.6 Å². The van der Waals surface area contributed by atoms with Crippen molar-refractivity contribution in [2.75, 3.05) is 0 Å². The van der Waals surface area contributed by atoms with E-state index in [4.69, 9.17) is 11.6 Å². The zero-order valence-corrected chi connectivity index (χ0v) is 10.8. The smallest absolute Gasteiger partial charge is 0.124 e. The number of aliphatic hydroxyl groups is 1. The maximum atomic E-state index is 12.9. The largest absolute Gasteiger partial charge is 0.390 e. The SMILES string of the molecule is CC1CCC(O)(Cc2ccc(F)cc2Cl)CC1. The molecule has 0 spiro atoms. The van der Waals surface area contributed by atoms with Gasteiger partial charge in [0.05, 0.1) is 5.60 Å². The van der Waals surface area contributed by atoms with Gasteiger partial charge in [-0.3, -0.25) is 0 Å². The van der Waals surface area contributed by atoms with Crippen LogP contribution in [-0.4, -0.2) is 10.7 Å². The lowest BCUT2D eigenvalue weighted by Gasteiger charge is -2.35. The van der Waals surface area contributed by atoms with Crippen molar-refractivity contribution in [3.8, 4) is 0 Å². The van der Waals surface area contributed by atoms with E-state index in [1.807, 2.05) is 0 Å². The van der Waals surface area contributed by atoms with Crippen LogP contribution in [0.15, 0.2) is 18.2 Å². The van der Waals surface area contributed by atoms with Crippen molar-refractivity contribution in [3.63, 3.8) is 0 Å². The Morgan fingerprint density at radius 3 is 2.65 bits per heavy atom. The normalized spacial score (nSPS) is 29.3. The highest BCUT2D eigenvalue weighted by Gasteiger charge is 2.32. The molecule has 0 heterocycles. The van der Waals surface area contributed by atoms with E-state index in [-0.39, 0.29) is 5.82 Å². The Morgan fingerprint density at radius 2 is 2.06 bits per heavy atom. The first-order chi connectivity index (χ1) is 7.98. The van der Waals surface area contributed by atoms with Crippen molar-refractivity contribution in [1.82, 2.24) is 0 Å². The van der Waals surface area contributed by atoms with E-state index < -0.39 is 5.60 Å². The van der Waals surface area contributed by atoms with Gasteiger partial charge in [-0.2, -0.15) is 0 Å². The highest BCUT2D eigenvalue weighted by Crippen LogP contribution is 2.35. The molecular weight excluding hydrogens is 239 g/mol. The van der Waals surface area contributed by atoms with Crippen molar-refractivity contribution in [2.24, 2.45) is 5.92 Å². The monoisotopic (exact) mass is 256 g/mol. The molecule has 1 aliphatic carbocycles. The third kappa shape index (κ3) is 3.20. The van der Waals surface area contributed by atoms with E-state index >= 15 is 0 Å². The Hall–Kier alpha value is -0.600. The molecule has 1 aromatic carbocycles. The molecule has 1 saturated carbocycles. The topological polar surface area (TPSA) is 20.2 Å². The van der Waals surface area contributed by atoms with E-state index in [0.29, 0.717) is 17.4 Å². The van der Waals surface area contributed by atoms with Gasteiger partial charge in [-0.05, 0) is 49.3 Å². The van der Waals surface area contributed by atoms with Crippen LogP contribution in [-0.2, 0) is 6.42 Å². The Labute approximate surface area is 107 Å². The third-order valence-corrected chi connectivity index (χ3v) is 4.09.